The second-order valence-electron chi connectivity index (χ2n) is 5.13. The predicted molar refractivity (Wildman–Crippen MR) is 85.6 cm³/mol. The molecule has 0 saturated heterocycles. The molecule has 1 aromatic carbocycles. The predicted octanol–water partition coefficient (Wildman–Crippen LogP) is 3.66. The first-order valence-corrected chi connectivity index (χ1v) is 7.39. The van der Waals surface area contributed by atoms with E-state index in [1.807, 2.05) is 18.2 Å². The fraction of sp³-hybridized carbons (Fsp3) is 0.429. The van der Waals surface area contributed by atoms with E-state index < -0.39 is 5.54 Å². The number of nitrogens with two attached hydrogens (primary N) is 1. The summed E-state index contributed by atoms with van der Waals surface area (Å²) in [6.07, 6.45) is 4.04. The Bertz CT molecular complexity index is 626. The van der Waals surface area contributed by atoms with Crippen LogP contribution in [0.1, 0.15) is 31.5 Å². The summed E-state index contributed by atoms with van der Waals surface area (Å²) in [5.41, 5.74) is 6.72. The summed E-state index contributed by atoms with van der Waals surface area (Å²) in [6.45, 7) is 0. The molecular weight excluding hydrogens is 358 g/mol. The van der Waals surface area contributed by atoms with Crippen LogP contribution in [0.4, 0.5) is 0 Å². The van der Waals surface area contributed by atoms with Gasteiger partial charge in [-0.1, -0.05) is 18.0 Å². The number of ether oxygens (including phenoxy) is 1. The molecule has 1 aliphatic rings. The van der Waals surface area contributed by atoms with E-state index in [2.05, 4.69) is 26.1 Å². The maximum atomic E-state index is 6.34. The van der Waals surface area contributed by atoms with E-state index in [1.165, 1.54) is 0 Å². The van der Waals surface area contributed by atoms with Crippen LogP contribution in [0, 0.1) is 0 Å². The number of methoxy groups -OCH3 is 1. The Kier molecular flexibility index (Phi) is 4.91. The van der Waals surface area contributed by atoms with E-state index in [-0.39, 0.29) is 12.4 Å². The van der Waals surface area contributed by atoms with Crippen LogP contribution in [-0.4, -0.2) is 17.3 Å². The molecular formula is C14H17BrClN3O2. The molecule has 1 aromatic heterocycles. The van der Waals surface area contributed by atoms with Gasteiger partial charge in [0.25, 0.3) is 5.89 Å². The highest BCUT2D eigenvalue weighted by Gasteiger charge is 2.36. The van der Waals surface area contributed by atoms with Gasteiger partial charge < -0.3 is 15.0 Å². The molecule has 7 heteroatoms. The molecule has 0 atom stereocenters. The normalized spacial score (nSPS) is 16.5. The molecule has 1 saturated carbocycles. The van der Waals surface area contributed by atoms with Crippen molar-refractivity contribution in [3.8, 4) is 17.2 Å². The number of hydrogen-bond acceptors (Lipinski definition) is 5. The smallest absolute Gasteiger partial charge is 0.259 e. The number of nitrogens with zero attached hydrogens (tertiary/aromatic N) is 2. The zero-order chi connectivity index (χ0) is 14.2. The summed E-state index contributed by atoms with van der Waals surface area (Å²) < 4.78 is 11.5. The van der Waals surface area contributed by atoms with E-state index in [0.717, 1.165) is 41.5 Å². The van der Waals surface area contributed by atoms with Crippen LogP contribution in [0.15, 0.2) is 27.2 Å². The van der Waals surface area contributed by atoms with E-state index >= 15 is 0 Å². The molecule has 2 N–H and O–H groups in total. The van der Waals surface area contributed by atoms with Crippen molar-refractivity contribution in [3.05, 3.63) is 28.5 Å². The summed E-state index contributed by atoms with van der Waals surface area (Å²) in [7, 11) is 1.62. The summed E-state index contributed by atoms with van der Waals surface area (Å²) in [5.74, 6) is 1.80. The van der Waals surface area contributed by atoms with Crippen molar-refractivity contribution in [2.75, 3.05) is 7.11 Å². The summed E-state index contributed by atoms with van der Waals surface area (Å²) in [6, 6.07) is 5.62. The maximum absolute atomic E-state index is 6.34. The molecule has 0 aliphatic heterocycles. The zero-order valence-electron chi connectivity index (χ0n) is 11.6. The number of aromatic nitrogens is 2. The van der Waals surface area contributed by atoms with Crippen molar-refractivity contribution < 1.29 is 9.26 Å². The zero-order valence-corrected chi connectivity index (χ0v) is 14.0. The first kappa shape index (κ1) is 16.3. The van der Waals surface area contributed by atoms with Gasteiger partial charge in [-0.25, -0.2) is 0 Å². The molecule has 0 unspecified atom stereocenters. The van der Waals surface area contributed by atoms with Crippen molar-refractivity contribution in [2.45, 2.75) is 31.2 Å². The van der Waals surface area contributed by atoms with Crippen LogP contribution in [-0.2, 0) is 5.54 Å². The maximum Gasteiger partial charge on any atom is 0.259 e. The average Bonchev–Trinajstić information content (AvgIpc) is 3.09. The third-order valence-electron chi connectivity index (χ3n) is 3.77. The average molecular weight is 375 g/mol. The van der Waals surface area contributed by atoms with Gasteiger partial charge >= 0.3 is 0 Å². The Hall–Kier alpha value is -1.11. The Morgan fingerprint density at radius 2 is 2.05 bits per heavy atom. The van der Waals surface area contributed by atoms with Gasteiger partial charge in [-0.05, 0) is 47.0 Å². The molecule has 3 rings (SSSR count). The molecule has 0 spiro atoms. The Balaban J connectivity index is 0.00000161. The van der Waals surface area contributed by atoms with Gasteiger partial charge in [0, 0.05) is 4.47 Å². The van der Waals surface area contributed by atoms with E-state index in [4.69, 9.17) is 15.0 Å². The lowest BCUT2D eigenvalue weighted by molar-refractivity contribution is 0.372. The van der Waals surface area contributed by atoms with E-state index in [0.29, 0.717) is 11.7 Å². The second kappa shape index (κ2) is 6.34. The standard InChI is InChI=1S/C14H16BrN3O2.ClH/c1-19-9-4-5-11(15)10(8-9)12-17-13(18-20-12)14(16)6-2-3-7-14;/h4-5,8H,2-3,6-7,16H2,1H3;1H. The van der Waals surface area contributed by atoms with E-state index in [9.17, 15) is 0 Å². The molecule has 5 nitrogen and oxygen atoms in total. The lowest BCUT2D eigenvalue weighted by Gasteiger charge is -2.17. The van der Waals surface area contributed by atoms with Crippen molar-refractivity contribution in [3.63, 3.8) is 0 Å². The first-order valence-electron chi connectivity index (χ1n) is 6.59. The fourth-order valence-corrected chi connectivity index (χ4v) is 2.98. The van der Waals surface area contributed by atoms with Crippen LogP contribution in [0.25, 0.3) is 11.5 Å². The highest BCUT2D eigenvalue weighted by molar-refractivity contribution is 9.10. The molecule has 1 heterocycles. The molecule has 114 valence electrons. The monoisotopic (exact) mass is 373 g/mol. The number of rotatable bonds is 3. The van der Waals surface area contributed by atoms with Gasteiger partial charge in [-0.3, -0.25) is 0 Å². The third-order valence-corrected chi connectivity index (χ3v) is 4.46. The lowest BCUT2D eigenvalue weighted by atomic mass is 9.99. The fourth-order valence-electron chi connectivity index (χ4n) is 2.56. The Morgan fingerprint density at radius 1 is 1.33 bits per heavy atom. The highest BCUT2D eigenvalue weighted by Crippen LogP contribution is 2.37. The number of halogens is 2. The molecule has 1 aliphatic carbocycles. The van der Waals surface area contributed by atoms with Crippen LogP contribution in [0.5, 0.6) is 5.75 Å². The highest BCUT2D eigenvalue weighted by atomic mass is 79.9. The van der Waals surface area contributed by atoms with Crippen molar-refractivity contribution >= 4 is 28.3 Å². The van der Waals surface area contributed by atoms with Crippen molar-refractivity contribution in [2.24, 2.45) is 5.73 Å². The van der Waals surface area contributed by atoms with Crippen LogP contribution in [0.2, 0.25) is 0 Å². The minimum Gasteiger partial charge on any atom is -0.497 e. The van der Waals surface area contributed by atoms with Crippen molar-refractivity contribution in [1.29, 1.82) is 0 Å². The third kappa shape index (κ3) is 3.07. The van der Waals surface area contributed by atoms with Gasteiger partial charge in [-0.2, -0.15) is 4.98 Å². The van der Waals surface area contributed by atoms with Crippen LogP contribution in [0.3, 0.4) is 0 Å². The topological polar surface area (TPSA) is 74.2 Å². The summed E-state index contributed by atoms with van der Waals surface area (Å²) in [5, 5.41) is 4.07. The van der Waals surface area contributed by atoms with Gasteiger partial charge in [-0.15, -0.1) is 12.4 Å². The van der Waals surface area contributed by atoms with E-state index in [1.54, 1.807) is 7.11 Å². The Labute approximate surface area is 137 Å². The first-order chi connectivity index (χ1) is 9.62. The SMILES string of the molecule is COc1ccc(Br)c(-c2nc(C3(N)CCCC3)no2)c1.Cl. The van der Waals surface area contributed by atoms with Gasteiger partial charge in [0.15, 0.2) is 5.82 Å². The summed E-state index contributed by atoms with van der Waals surface area (Å²) >= 11 is 3.49. The molecule has 0 bridgehead atoms. The van der Waals surface area contributed by atoms with Crippen molar-refractivity contribution in [1.82, 2.24) is 10.1 Å². The molecule has 0 amide bonds. The minimum atomic E-state index is -0.437. The van der Waals surface area contributed by atoms with Gasteiger partial charge in [0.2, 0.25) is 0 Å². The molecule has 21 heavy (non-hydrogen) atoms. The number of hydrogen-bond donors (Lipinski definition) is 1. The van der Waals surface area contributed by atoms with Crippen LogP contribution >= 0.6 is 28.3 Å². The largest absolute Gasteiger partial charge is 0.497 e. The quantitative estimate of drug-likeness (QED) is 0.887. The molecule has 1 fully saturated rings. The van der Waals surface area contributed by atoms with Crippen LogP contribution < -0.4 is 10.5 Å². The number of benzene rings is 1. The lowest BCUT2D eigenvalue weighted by Crippen LogP contribution is -2.34. The minimum absolute atomic E-state index is 0. The Morgan fingerprint density at radius 3 is 2.71 bits per heavy atom. The van der Waals surface area contributed by atoms with Gasteiger partial charge in [0.05, 0.1) is 18.2 Å². The second-order valence-corrected chi connectivity index (χ2v) is 5.99. The molecule has 2 aromatic rings. The summed E-state index contributed by atoms with van der Waals surface area (Å²) in [4.78, 5) is 4.48. The van der Waals surface area contributed by atoms with Gasteiger partial charge in [0.1, 0.15) is 5.75 Å². The molecule has 0 radical (unpaired) electrons.